The number of rotatable bonds is 5. The number of aromatic hydroxyl groups is 1. The van der Waals surface area contributed by atoms with Gasteiger partial charge in [0.05, 0.1) is 6.61 Å². The molecule has 0 spiro atoms. The van der Waals surface area contributed by atoms with Crippen molar-refractivity contribution in [3.8, 4) is 23.8 Å². The Morgan fingerprint density at radius 1 is 1.21 bits per heavy atom. The van der Waals surface area contributed by atoms with E-state index in [4.69, 9.17) is 16.3 Å². The van der Waals surface area contributed by atoms with Gasteiger partial charge in [-0.3, -0.25) is 0 Å². The summed E-state index contributed by atoms with van der Waals surface area (Å²) < 4.78 is 5.43. The molecule has 0 fully saturated rings. The molecule has 0 aromatic heterocycles. The second-order valence-electron chi connectivity index (χ2n) is 3.00. The number of terminal acetylenes is 1. The van der Waals surface area contributed by atoms with Gasteiger partial charge in [-0.05, 0) is 37.1 Å². The highest BCUT2D eigenvalue weighted by atomic mass is 16.5. The summed E-state index contributed by atoms with van der Waals surface area (Å²) in [5.41, 5.74) is 0. The van der Waals surface area contributed by atoms with Crippen LogP contribution in [0.25, 0.3) is 0 Å². The molecule has 1 rings (SSSR count). The fourth-order valence-corrected chi connectivity index (χ4v) is 1.06. The molecule has 0 aliphatic rings. The predicted molar refractivity (Wildman–Crippen MR) is 56.3 cm³/mol. The Balaban J connectivity index is 2.19. The molecule has 2 nitrogen and oxygen atoms in total. The van der Waals surface area contributed by atoms with Gasteiger partial charge in [-0.1, -0.05) is 0 Å². The van der Waals surface area contributed by atoms with Gasteiger partial charge >= 0.3 is 0 Å². The average Bonchev–Trinajstić information content (AvgIpc) is 2.21. The zero-order valence-corrected chi connectivity index (χ0v) is 8.07. The summed E-state index contributed by atoms with van der Waals surface area (Å²) >= 11 is 0. The lowest BCUT2D eigenvalue weighted by Crippen LogP contribution is -1.96. The highest BCUT2D eigenvalue weighted by Crippen LogP contribution is 2.16. The molecule has 2 heteroatoms. The third kappa shape index (κ3) is 3.86. The SMILES string of the molecule is C#CCCCCOc1ccc(O)cc1. The van der Waals surface area contributed by atoms with Crippen LogP contribution in [0.2, 0.25) is 0 Å². The van der Waals surface area contributed by atoms with E-state index in [9.17, 15) is 0 Å². The Hall–Kier alpha value is -1.62. The first-order valence-electron chi connectivity index (χ1n) is 4.68. The van der Waals surface area contributed by atoms with Gasteiger partial charge in [0.15, 0.2) is 0 Å². The number of benzene rings is 1. The molecule has 0 saturated heterocycles. The summed E-state index contributed by atoms with van der Waals surface area (Å²) in [4.78, 5) is 0. The van der Waals surface area contributed by atoms with Gasteiger partial charge in [0.1, 0.15) is 11.5 Å². The first-order valence-corrected chi connectivity index (χ1v) is 4.68. The average molecular weight is 190 g/mol. The molecule has 14 heavy (non-hydrogen) atoms. The van der Waals surface area contributed by atoms with E-state index < -0.39 is 0 Å². The Bertz CT molecular complexity index is 295. The van der Waals surface area contributed by atoms with Gasteiger partial charge in [-0.2, -0.15) is 0 Å². The van der Waals surface area contributed by atoms with Crippen molar-refractivity contribution in [3.05, 3.63) is 24.3 Å². The zero-order chi connectivity index (χ0) is 10.2. The predicted octanol–water partition coefficient (Wildman–Crippen LogP) is 2.57. The molecular weight excluding hydrogens is 176 g/mol. The molecule has 0 aliphatic carbocycles. The molecule has 1 N–H and O–H groups in total. The van der Waals surface area contributed by atoms with E-state index in [2.05, 4.69) is 5.92 Å². The summed E-state index contributed by atoms with van der Waals surface area (Å²) in [5.74, 6) is 3.62. The van der Waals surface area contributed by atoms with E-state index in [1.807, 2.05) is 0 Å². The Labute approximate surface area is 84.5 Å². The number of hydrogen-bond donors (Lipinski definition) is 1. The Morgan fingerprint density at radius 2 is 1.93 bits per heavy atom. The van der Waals surface area contributed by atoms with Crippen LogP contribution >= 0.6 is 0 Å². The maximum atomic E-state index is 9.02. The van der Waals surface area contributed by atoms with E-state index in [1.165, 1.54) is 0 Å². The van der Waals surface area contributed by atoms with Gasteiger partial charge in [0.2, 0.25) is 0 Å². The molecule has 1 aromatic rings. The van der Waals surface area contributed by atoms with E-state index >= 15 is 0 Å². The summed E-state index contributed by atoms with van der Waals surface area (Å²) in [6.07, 6.45) is 7.88. The molecule has 1 aromatic carbocycles. The highest BCUT2D eigenvalue weighted by Gasteiger charge is 1.93. The number of phenols is 1. The van der Waals surface area contributed by atoms with Crippen molar-refractivity contribution in [1.82, 2.24) is 0 Å². The van der Waals surface area contributed by atoms with Crippen molar-refractivity contribution in [2.24, 2.45) is 0 Å². The molecule has 0 amide bonds. The van der Waals surface area contributed by atoms with Crippen molar-refractivity contribution in [2.45, 2.75) is 19.3 Å². The van der Waals surface area contributed by atoms with E-state index in [1.54, 1.807) is 24.3 Å². The van der Waals surface area contributed by atoms with Crippen LogP contribution in [0.1, 0.15) is 19.3 Å². The first-order chi connectivity index (χ1) is 6.83. The second-order valence-corrected chi connectivity index (χ2v) is 3.00. The monoisotopic (exact) mass is 190 g/mol. The minimum atomic E-state index is 0.254. The molecule has 74 valence electrons. The topological polar surface area (TPSA) is 29.5 Å². The van der Waals surface area contributed by atoms with Crippen LogP contribution in [0, 0.1) is 12.3 Å². The van der Waals surface area contributed by atoms with Crippen LogP contribution in [0.15, 0.2) is 24.3 Å². The van der Waals surface area contributed by atoms with E-state index in [0.29, 0.717) is 6.61 Å². The van der Waals surface area contributed by atoms with Crippen LogP contribution in [0.4, 0.5) is 0 Å². The molecule has 0 radical (unpaired) electrons. The molecule has 0 heterocycles. The standard InChI is InChI=1S/C12H14O2/c1-2-3-4-5-10-14-12-8-6-11(13)7-9-12/h1,6-9,13H,3-5,10H2. The lowest BCUT2D eigenvalue weighted by atomic mass is 10.2. The molecule has 0 saturated carbocycles. The van der Waals surface area contributed by atoms with Crippen LogP contribution in [-0.2, 0) is 0 Å². The molecule has 0 unspecified atom stereocenters. The summed E-state index contributed by atoms with van der Waals surface area (Å²) in [5, 5.41) is 9.02. The van der Waals surface area contributed by atoms with Gasteiger partial charge in [0.25, 0.3) is 0 Å². The van der Waals surface area contributed by atoms with Crippen LogP contribution < -0.4 is 4.74 Å². The van der Waals surface area contributed by atoms with Crippen molar-refractivity contribution >= 4 is 0 Å². The second kappa shape index (κ2) is 5.93. The van der Waals surface area contributed by atoms with Crippen molar-refractivity contribution in [1.29, 1.82) is 0 Å². The summed E-state index contributed by atoms with van der Waals surface area (Å²) in [6, 6.07) is 6.71. The summed E-state index contributed by atoms with van der Waals surface area (Å²) in [7, 11) is 0. The van der Waals surface area contributed by atoms with Gasteiger partial charge in [-0.15, -0.1) is 12.3 Å². The lowest BCUT2D eigenvalue weighted by molar-refractivity contribution is 0.307. The van der Waals surface area contributed by atoms with Crippen LogP contribution in [0.3, 0.4) is 0 Å². The molecular formula is C12H14O2. The van der Waals surface area contributed by atoms with E-state index in [0.717, 1.165) is 25.0 Å². The molecule has 0 atom stereocenters. The summed E-state index contributed by atoms with van der Waals surface area (Å²) in [6.45, 7) is 0.673. The Kier molecular flexibility index (Phi) is 4.43. The zero-order valence-electron chi connectivity index (χ0n) is 8.07. The maximum absolute atomic E-state index is 9.02. The van der Waals surface area contributed by atoms with Crippen LogP contribution in [0.5, 0.6) is 11.5 Å². The van der Waals surface area contributed by atoms with Crippen LogP contribution in [-0.4, -0.2) is 11.7 Å². The normalized spacial score (nSPS) is 9.36. The van der Waals surface area contributed by atoms with Crippen molar-refractivity contribution in [2.75, 3.05) is 6.61 Å². The number of ether oxygens (including phenoxy) is 1. The highest BCUT2D eigenvalue weighted by molar-refractivity contribution is 5.29. The maximum Gasteiger partial charge on any atom is 0.119 e. The fourth-order valence-electron chi connectivity index (χ4n) is 1.06. The molecule has 0 aliphatic heterocycles. The lowest BCUT2D eigenvalue weighted by Gasteiger charge is -2.04. The Morgan fingerprint density at radius 3 is 2.57 bits per heavy atom. The van der Waals surface area contributed by atoms with E-state index in [-0.39, 0.29) is 5.75 Å². The van der Waals surface area contributed by atoms with Gasteiger partial charge < -0.3 is 9.84 Å². The largest absolute Gasteiger partial charge is 0.508 e. The number of phenolic OH excluding ortho intramolecular Hbond substituents is 1. The minimum absolute atomic E-state index is 0.254. The quantitative estimate of drug-likeness (QED) is 0.571. The fraction of sp³-hybridized carbons (Fsp3) is 0.333. The van der Waals surface area contributed by atoms with Gasteiger partial charge in [0, 0.05) is 6.42 Å². The number of unbranched alkanes of at least 4 members (excludes halogenated alkanes) is 2. The van der Waals surface area contributed by atoms with Crippen molar-refractivity contribution < 1.29 is 9.84 Å². The third-order valence-corrected chi connectivity index (χ3v) is 1.82. The molecule has 0 bridgehead atoms. The number of hydrogen-bond acceptors (Lipinski definition) is 2. The minimum Gasteiger partial charge on any atom is -0.508 e. The smallest absolute Gasteiger partial charge is 0.119 e. The van der Waals surface area contributed by atoms with Crippen molar-refractivity contribution in [3.63, 3.8) is 0 Å². The third-order valence-electron chi connectivity index (χ3n) is 1.82. The van der Waals surface area contributed by atoms with Gasteiger partial charge in [-0.25, -0.2) is 0 Å². The first kappa shape index (κ1) is 10.5.